The topological polar surface area (TPSA) is 71.8 Å². The summed E-state index contributed by atoms with van der Waals surface area (Å²) in [6.45, 7) is 4.67. The lowest BCUT2D eigenvalue weighted by Crippen LogP contribution is -2.41. The molecule has 0 fully saturated rings. The molecule has 1 heterocycles. The minimum Gasteiger partial charge on any atom is -0.480 e. The Kier molecular flexibility index (Phi) is 5.98. The lowest BCUT2D eigenvalue weighted by Gasteiger charge is -2.26. The summed E-state index contributed by atoms with van der Waals surface area (Å²) < 4.78 is 7.10. The Bertz CT molecular complexity index is 723. The molecule has 6 heteroatoms. The largest absolute Gasteiger partial charge is 0.480 e. The van der Waals surface area contributed by atoms with Crippen LogP contribution in [0.1, 0.15) is 30.6 Å². The average Bonchev–Trinajstić information content (AvgIpc) is 2.95. The Labute approximate surface area is 141 Å². The zero-order valence-corrected chi connectivity index (χ0v) is 14.4. The van der Waals surface area contributed by atoms with Crippen LogP contribution in [0.15, 0.2) is 30.5 Å². The van der Waals surface area contributed by atoms with Crippen molar-refractivity contribution in [2.45, 2.75) is 32.9 Å². The second-order valence-corrected chi connectivity index (χ2v) is 5.83. The summed E-state index contributed by atoms with van der Waals surface area (Å²) in [4.78, 5) is 25.6. The van der Waals surface area contributed by atoms with E-state index in [1.165, 1.54) is 4.90 Å². The first-order valence-corrected chi connectivity index (χ1v) is 8.09. The Morgan fingerprint density at radius 3 is 2.67 bits per heavy atom. The summed E-state index contributed by atoms with van der Waals surface area (Å²) in [5.74, 6) is -1.26. The van der Waals surface area contributed by atoms with Gasteiger partial charge in [-0.25, -0.2) is 0 Å². The molecule has 0 aliphatic rings. The van der Waals surface area contributed by atoms with Gasteiger partial charge in [0.25, 0.3) is 5.91 Å². The fourth-order valence-electron chi connectivity index (χ4n) is 2.74. The third kappa shape index (κ3) is 3.76. The van der Waals surface area contributed by atoms with E-state index in [9.17, 15) is 9.59 Å². The molecule has 1 atom stereocenters. The van der Waals surface area contributed by atoms with Crippen LogP contribution in [0.25, 0.3) is 10.9 Å². The van der Waals surface area contributed by atoms with Crippen LogP contribution in [0.5, 0.6) is 0 Å². The highest BCUT2D eigenvalue weighted by Gasteiger charge is 2.25. The number of para-hydroxylation sites is 1. The number of ether oxygens (including phenoxy) is 1. The van der Waals surface area contributed by atoms with E-state index in [4.69, 9.17) is 9.84 Å². The number of methoxy groups -OCH3 is 1. The highest BCUT2D eigenvalue weighted by molar-refractivity contribution is 6.07. The first-order chi connectivity index (χ1) is 11.5. The van der Waals surface area contributed by atoms with Gasteiger partial charge in [0.15, 0.2) is 0 Å². The summed E-state index contributed by atoms with van der Waals surface area (Å²) in [7, 11) is 1.63. The van der Waals surface area contributed by atoms with Gasteiger partial charge in [0.2, 0.25) is 0 Å². The number of rotatable bonds is 8. The number of amides is 1. The van der Waals surface area contributed by atoms with E-state index in [0.717, 1.165) is 10.9 Å². The summed E-state index contributed by atoms with van der Waals surface area (Å²) in [6, 6.07) is 7.50. The lowest BCUT2D eigenvalue weighted by molar-refractivity contribution is -0.138. The van der Waals surface area contributed by atoms with E-state index >= 15 is 0 Å². The molecule has 6 nitrogen and oxygen atoms in total. The molecule has 1 N–H and O–H groups in total. The van der Waals surface area contributed by atoms with Crippen LogP contribution in [-0.2, 0) is 16.1 Å². The molecule has 0 aliphatic carbocycles. The van der Waals surface area contributed by atoms with Crippen LogP contribution in [-0.4, -0.2) is 52.8 Å². The van der Waals surface area contributed by atoms with Crippen molar-refractivity contribution in [2.75, 3.05) is 20.3 Å². The third-order valence-corrected chi connectivity index (χ3v) is 4.24. The normalized spacial score (nSPS) is 12.3. The monoisotopic (exact) mass is 332 g/mol. The fourth-order valence-corrected chi connectivity index (χ4v) is 2.74. The van der Waals surface area contributed by atoms with Gasteiger partial charge in [-0.15, -0.1) is 0 Å². The Morgan fingerprint density at radius 2 is 2.04 bits per heavy atom. The van der Waals surface area contributed by atoms with Gasteiger partial charge in [-0.1, -0.05) is 25.1 Å². The van der Waals surface area contributed by atoms with Crippen LogP contribution >= 0.6 is 0 Å². The van der Waals surface area contributed by atoms with Gasteiger partial charge in [-0.3, -0.25) is 9.59 Å². The molecule has 0 saturated carbocycles. The Hall–Kier alpha value is -2.34. The number of aliphatic carboxylic acids is 1. The molecule has 1 aromatic heterocycles. The molecule has 0 saturated heterocycles. The minimum atomic E-state index is -1.01. The summed E-state index contributed by atoms with van der Waals surface area (Å²) in [5.41, 5.74) is 1.47. The maximum Gasteiger partial charge on any atom is 0.323 e. The van der Waals surface area contributed by atoms with E-state index in [0.29, 0.717) is 25.1 Å². The van der Waals surface area contributed by atoms with Gasteiger partial charge in [0, 0.05) is 36.8 Å². The number of hydrogen-bond acceptors (Lipinski definition) is 3. The summed E-state index contributed by atoms with van der Waals surface area (Å²) in [5, 5.41) is 9.97. The Morgan fingerprint density at radius 1 is 1.33 bits per heavy atom. The van der Waals surface area contributed by atoms with Crippen molar-refractivity contribution >= 4 is 22.8 Å². The van der Waals surface area contributed by atoms with Gasteiger partial charge in [0.05, 0.1) is 12.2 Å². The van der Waals surface area contributed by atoms with Crippen LogP contribution in [0.3, 0.4) is 0 Å². The fraction of sp³-hybridized carbons (Fsp3) is 0.444. The number of benzene rings is 1. The number of carboxylic acids is 1. The zero-order chi connectivity index (χ0) is 17.7. The highest BCUT2D eigenvalue weighted by Crippen LogP contribution is 2.24. The summed E-state index contributed by atoms with van der Waals surface area (Å²) >= 11 is 0. The first-order valence-electron chi connectivity index (χ1n) is 8.09. The standard InChI is InChI=1S/C18H24N2O4/c1-4-13(2)20(12-17(21)22)18(23)15-11-19(9-10-24-3)16-8-6-5-7-14(15)16/h5-8,11,13H,4,9-10,12H2,1-3H3,(H,21,22). The van der Waals surface area contributed by atoms with Crippen LogP contribution in [0, 0.1) is 0 Å². The van der Waals surface area contributed by atoms with Crippen LogP contribution in [0.2, 0.25) is 0 Å². The van der Waals surface area contributed by atoms with Crippen molar-refractivity contribution in [1.82, 2.24) is 9.47 Å². The molecule has 1 amide bonds. The van der Waals surface area contributed by atoms with Crippen LogP contribution in [0.4, 0.5) is 0 Å². The number of nitrogens with zero attached hydrogens (tertiary/aromatic N) is 2. The molecule has 0 aliphatic heterocycles. The van der Waals surface area contributed by atoms with Gasteiger partial charge in [0.1, 0.15) is 6.54 Å². The molecule has 1 aromatic carbocycles. The molecule has 0 spiro atoms. The molecule has 2 rings (SSSR count). The van der Waals surface area contributed by atoms with E-state index < -0.39 is 5.97 Å². The number of carbonyl (C=O) groups is 2. The van der Waals surface area contributed by atoms with Crippen LogP contribution < -0.4 is 0 Å². The third-order valence-electron chi connectivity index (χ3n) is 4.24. The number of hydrogen-bond donors (Lipinski definition) is 1. The molecule has 24 heavy (non-hydrogen) atoms. The van der Waals surface area contributed by atoms with Gasteiger partial charge in [-0.2, -0.15) is 0 Å². The molecular formula is C18H24N2O4. The quantitative estimate of drug-likeness (QED) is 0.806. The number of aromatic nitrogens is 1. The molecule has 0 bridgehead atoms. The second-order valence-electron chi connectivity index (χ2n) is 5.83. The van der Waals surface area contributed by atoms with Crippen molar-refractivity contribution in [2.24, 2.45) is 0 Å². The van der Waals surface area contributed by atoms with Crippen molar-refractivity contribution in [3.8, 4) is 0 Å². The minimum absolute atomic E-state index is 0.144. The predicted octanol–water partition coefficient (Wildman–Crippen LogP) is 2.61. The molecule has 1 unspecified atom stereocenters. The number of carbonyl (C=O) groups excluding carboxylic acids is 1. The van der Waals surface area contributed by atoms with E-state index in [-0.39, 0.29) is 18.5 Å². The van der Waals surface area contributed by atoms with E-state index in [2.05, 4.69) is 0 Å². The first kappa shape index (κ1) is 18.0. The van der Waals surface area contributed by atoms with Crippen molar-refractivity contribution < 1.29 is 19.4 Å². The van der Waals surface area contributed by atoms with Crippen molar-refractivity contribution in [3.05, 3.63) is 36.0 Å². The van der Waals surface area contributed by atoms with Gasteiger partial charge < -0.3 is 19.3 Å². The van der Waals surface area contributed by atoms with E-state index in [1.54, 1.807) is 13.3 Å². The maximum atomic E-state index is 13.0. The average molecular weight is 332 g/mol. The SMILES string of the molecule is CCC(C)N(CC(=O)O)C(=O)c1cn(CCOC)c2ccccc12. The highest BCUT2D eigenvalue weighted by atomic mass is 16.5. The van der Waals surface area contributed by atoms with Crippen molar-refractivity contribution in [3.63, 3.8) is 0 Å². The molecule has 130 valence electrons. The van der Waals surface area contributed by atoms with E-state index in [1.807, 2.05) is 42.7 Å². The number of fused-ring (bicyclic) bond motifs is 1. The molecule has 0 radical (unpaired) electrons. The predicted molar refractivity (Wildman–Crippen MR) is 92.2 cm³/mol. The lowest BCUT2D eigenvalue weighted by atomic mass is 10.1. The second kappa shape index (κ2) is 7.97. The van der Waals surface area contributed by atoms with Gasteiger partial charge >= 0.3 is 5.97 Å². The van der Waals surface area contributed by atoms with Gasteiger partial charge in [-0.05, 0) is 19.4 Å². The number of carboxylic acid groups (broad SMARTS) is 1. The zero-order valence-electron chi connectivity index (χ0n) is 14.4. The maximum absolute atomic E-state index is 13.0. The Balaban J connectivity index is 2.45. The molecular weight excluding hydrogens is 308 g/mol. The summed E-state index contributed by atoms with van der Waals surface area (Å²) in [6.07, 6.45) is 2.49. The smallest absolute Gasteiger partial charge is 0.323 e. The van der Waals surface area contributed by atoms with Crippen molar-refractivity contribution in [1.29, 1.82) is 0 Å². The molecule has 2 aromatic rings.